The van der Waals surface area contributed by atoms with Crippen molar-refractivity contribution in [2.45, 2.75) is 4.90 Å². The molecule has 0 aromatic heterocycles. The van der Waals surface area contributed by atoms with Gasteiger partial charge in [-0.25, -0.2) is 0 Å². The molecule has 0 fully saturated rings. The van der Waals surface area contributed by atoms with Crippen LogP contribution in [0.1, 0.15) is 5.56 Å². The number of rotatable bonds is 8. The van der Waals surface area contributed by atoms with E-state index in [9.17, 15) is 28.6 Å². The summed E-state index contributed by atoms with van der Waals surface area (Å²) in [5, 5.41) is 25.9. The summed E-state index contributed by atoms with van der Waals surface area (Å²) in [7, 11) is -4.11. The predicted molar refractivity (Wildman–Crippen MR) is 119 cm³/mol. The van der Waals surface area contributed by atoms with Gasteiger partial charge in [0.1, 0.15) is 10.6 Å². The molecule has 32 heavy (non-hydrogen) atoms. The number of halogens is 1. The summed E-state index contributed by atoms with van der Waals surface area (Å²) in [6.07, 6.45) is 1.20. The van der Waals surface area contributed by atoms with Gasteiger partial charge in [-0.1, -0.05) is 34.1 Å². The number of benzene rings is 3. The zero-order valence-corrected chi connectivity index (χ0v) is 18.3. The molecule has 0 atom stereocenters. The van der Waals surface area contributed by atoms with Crippen molar-refractivity contribution in [2.24, 2.45) is 5.10 Å². The van der Waals surface area contributed by atoms with Gasteiger partial charge < -0.3 is 4.18 Å². The Morgan fingerprint density at radius 2 is 1.69 bits per heavy atom. The van der Waals surface area contributed by atoms with Gasteiger partial charge in [-0.3, -0.25) is 25.7 Å². The predicted octanol–water partition coefficient (Wildman–Crippen LogP) is 4.48. The van der Waals surface area contributed by atoms with Crippen molar-refractivity contribution in [2.75, 3.05) is 5.43 Å². The Morgan fingerprint density at radius 3 is 2.34 bits per heavy atom. The molecule has 0 spiro atoms. The van der Waals surface area contributed by atoms with Gasteiger partial charge in [-0.15, -0.1) is 0 Å². The monoisotopic (exact) mass is 520 g/mol. The third-order valence-electron chi connectivity index (χ3n) is 3.98. The van der Waals surface area contributed by atoms with E-state index in [1.54, 1.807) is 24.3 Å². The number of hydrogen-bond acceptors (Lipinski definition) is 9. The summed E-state index contributed by atoms with van der Waals surface area (Å²) in [5.41, 5.74) is 1.60. The van der Waals surface area contributed by atoms with Crippen LogP contribution in [-0.4, -0.2) is 24.5 Å². The Balaban J connectivity index is 1.88. The number of hydrazone groups is 1. The van der Waals surface area contributed by atoms with Crippen LogP contribution >= 0.6 is 15.9 Å². The van der Waals surface area contributed by atoms with Crippen molar-refractivity contribution >= 4 is 49.3 Å². The van der Waals surface area contributed by atoms with E-state index in [1.807, 2.05) is 0 Å². The number of nitrogens with zero attached hydrogens (tertiary/aromatic N) is 3. The zero-order valence-electron chi connectivity index (χ0n) is 15.9. The second kappa shape index (κ2) is 9.53. The van der Waals surface area contributed by atoms with Gasteiger partial charge in [0.25, 0.3) is 5.69 Å². The van der Waals surface area contributed by atoms with E-state index in [0.717, 1.165) is 18.2 Å². The quantitative estimate of drug-likeness (QED) is 0.197. The Morgan fingerprint density at radius 1 is 0.969 bits per heavy atom. The number of nitrogens with one attached hydrogen (secondary N) is 1. The highest BCUT2D eigenvalue weighted by molar-refractivity contribution is 9.10. The summed E-state index contributed by atoms with van der Waals surface area (Å²) >= 11 is 3.27. The molecule has 164 valence electrons. The molecule has 0 amide bonds. The summed E-state index contributed by atoms with van der Waals surface area (Å²) in [6.45, 7) is 0. The molecule has 3 aromatic carbocycles. The second-order valence-electron chi connectivity index (χ2n) is 6.12. The minimum Gasteiger partial charge on any atom is -0.378 e. The first-order valence-corrected chi connectivity index (χ1v) is 10.9. The highest BCUT2D eigenvalue weighted by Crippen LogP contribution is 2.29. The fourth-order valence-electron chi connectivity index (χ4n) is 2.50. The summed E-state index contributed by atoms with van der Waals surface area (Å²) in [4.78, 5) is 20.5. The summed E-state index contributed by atoms with van der Waals surface area (Å²) in [6, 6.07) is 15.1. The van der Waals surface area contributed by atoms with Crippen LogP contribution in [0.2, 0.25) is 0 Å². The van der Waals surface area contributed by atoms with E-state index in [2.05, 4.69) is 26.5 Å². The average molecular weight is 521 g/mol. The molecule has 0 radical (unpaired) electrons. The lowest BCUT2D eigenvalue weighted by Gasteiger charge is -2.10. The van der Waals surface area contributed by atoms with Crippen molar-refractivity contribution in [1.29, 1.82) is 0 Å². The van der Waals surface area contributed by atoms with E-state index in [0.29, 0.717) is 4.47 Å². The van der Waals surface area contributed by atoms with Crippen LogP contribution in [-0.2, 0) is 10.1 Å². The number of hydrogen-bond donors (Lipinski definition) is 1. The number of non-ortho nitro benzene ring substituents is 1. The first-order valence-electron chi connectivity index (χ1n) is 8.68. The van der Waals surface area contributed by atoms with Crippen LogP contribution in [0.4, 0.5) is 17.1 Å². The molecule has 0 unspecified atom stereocenters. The van der Waals surface area contributed by atoms with Gasteiger partial charge in [0, 0.05) is 16.1 Å². The first kappa shape index (κ1) is 22.8. The molecule has 0 aliphatic heterocycles. The van der Waals surface area contributed by atoms with Crippen molar-refractivity contribution in [1.82, 2.24) is 0 Å². The Labute approximate surface area is 189 Å². The van der Waals surface area contributed by atoms with Crippen LogP contribution in [0, 0.1) is 20.2 Å². The normalized spacial score (nSPS) is 11.3. The molecule has 0 aliphatic rings. The van der Waals surface area contributed by atoms with E-state index in [4.69, 9.17) is 4.18 Å². The fourth-order valence-corrected chi connectivity index (χ4v) is 3.85. The topological polar surface area (TPSA) is 154 Å². The SMILES string of the molecule is O=[N+]([O-])c1ccc(N/N=C\c2cc(Br)ccc2OS(=O)(=O)c2ccccc2)c([N+](=O)[O-])c1. The molecular formula is C19H13BrN4O7S. The molecule has 0 saturated heterocycles. The molecule has 3 aromatic rings. The lowest BCUT2D eigenvalue weighted by Crippen LogP contribution is -2.11. The van der Waals surface area contributed by atoms with Gasteiger partial charge in [0.2, 0.25) is 0 Å². The average Bonchev–Trinajstić information content (AvgIpc) is 2.76. The standard InChI is InChI=1S/C19H13BrN4O7S/c20-14-6-9-19(31-32(29,30)16-4-2-1-3-5-16)13(10-14)12-21-22-17-8-7-15(23(25)26)11-18(17)24(27)28/h1-12,22H/b21-12-. The maximum Gasteiger partial charge on any atom is 0.339 e. The largest absolute Gasteiger partial charge is 0.378 e. The number of nitro benzene ring substituents is 2. The fraction of sp³-hybridized carbons (Fsp3) is 0. The van der Waals surface area contributed by atoms with Crippen LogP contribution in [0.15, 0.2) is 81.2 Å². The molecule has 3 rings (SSSR count). The van der Waals surface area contributed by atoms with Gasteiger partial charge in [-0.2, -0.15) is 13.5 Å². The summed E-state index contributed by atoms with van der Waals surface area (Å²) < 4.78 is 30.9. The van der Waals surface area contributed by atoms with Crippen LogP contribution in [0.25, 0.3) is 0 Å². The molecule has 11 nitrogen and oxygen atoms in total. The lowest BCUT2D eigenvalue weighted by atomic mass is 10.2. The molecule has 13 heteroatoms. The van der Waals surface area contributed by atoms with E-state index in [1.165, 1.54) is 30.5 Å². The van der Waals surface area contributed by atoms with E-state index in [-0.39, 0.29) is 21.9 Å². The molecule has 1 N–H and O–H groups in total. The van der Waals surface area contributed by atoms with Gasteiger partial charge >= 0.3 is 15.8 Å². The molecule has 0 heterocycles. The van der Waals surface area contributed by atoms with Crippen molar-refractivity contribution in [3.63, 3.8) is 0 Å². The second-order valence-corrected chi connectivity index (χ2v) is 8.58. The highest BCUT2D eigenvalue weighted by atomic mass is 79.9. The minimum absolute atomic E-state index is 0.0270. The van der Waals surface area contributed by atoms with Gasteiger partial charge in [0.15, 0.2) is 5.75 Å². The Bertz CT molecular complexity index is 1310. The van der Waals surface area contributed by atoms with Gasteiger partial charge in [-0.05, 0) is 36.4 Å². The maximum atomic E-state index is 12.5. The number of nitro groups is 2. The third kappa shape index (κ3) is 5.44. The van der Waals surface area contributed by atoms with Crippen LogP contribution in [0.5, 0.6) is 5.75 Å². The van der Waals surface area contributed by atoms with E-state index < -0.39 is 31.3 Å². The first-order chi connectivity index (χ1) is 15.2. The van der Waals surface area contributed by atoms with Crippen molar-refractivity contribution in [3.05, 3.63) is 97.0 Å². The summed E-state index contributed by atoms with van der Waals surface area (Å²) in [5.74, 6) is -0.0270. The van der Waals surface area contributed by atoms with E-state index >= 15 is 0 Å². The Kier molecular flexibility index (Phi) is 6.80. The molecule has 0 bridgehead atoms. The smallest absolute Gasteiger partial charge is 0.339 e. The molecular weight excluding hydrogens is 508 g/mol. The third-order valence-corrected chi connectivity index (χ3v) is 5.72. The molecule has 0 saturated carbocycles. The maximum absolute atomic E-state index is 12.5. The lowest BCUT2D eigenvalue weighted by molar-refractivity contribution is -0.393. The van der Waals surface area contributed by atoms with Crippen LogP contribution < -0.4 is 9.61 Å². The van der Waals surface area contributed by atoms with Gasteiger partial charge in [0.05, 0.1) is 22.1 Å². The molecule has 0 aliphatic carbocycles. The zero-order chi connectivity index (χ0) is 23.3. The minimum atomic E-state index is -4.11. The van der Waals surface area contributed by atoms with Crippen molar-refractivity contribution < 1.29 is 22.4 Å². The van der Waals surface area contributed by atoms with Crippen molar-refractivity contribution in [3.8, 4) is 5.75 Å². The number of anilines is 1. The Hall–Kier alpha value is -3.84. The highest BCUT2D eigenvalue weighted by Gasteiger charge is 2.20. The van der Waals surface area contributed by atoms with Crippen LogP contribution in [0.3, 0.4) is 0 Å².